The molecule has 1 aromatic heterocycles. The quantitative estimate of drug-likeness (QED) is 0.771. The lowest BCUT2D eigenvalue weighted by atomic mass is 9.40. The highest BCUT2D eigenvalue weighted by Gasteiger charge is 2.36. The van der Waals surface area contributed by atoms with Crippen LogP contribution >= 0.6 is 0 Å². The molecule has 0 radical (unpaired) electrons. The van der Waals surface area contributed by atoms with Gasteiger partial charge in [0.05, 0.1) is 5.69 Å². The summed E-state index contributed by atoms with van der Waals surface area (Å²) in [5.41, 5.74) is 6.83. The van der Waals surface area contributed by atoms with E-state index in [0.29, 0.717) is 0 Å². The first-order chi connectivity index (χ1) is 11.3. The molecule has 0 fully saturated rings. The third kappa shape index (κ3) is 4.37. The van der Waals surface area contributed by atoms with Gasteiger partial charge < -0.3 is 0 Å². The van der Waals surface area contributed by atoms with Crippen LogP contribution < -0.4 is 0 Å². The Balaban J connectivity index is 2.64. The summed E-state index contributed by atoms with van der Waals surface area (Å²) < 4.78 is 0. The maximum Gasteiger partial charge on any atom is 0.105 e. The Morgan fingerprint density at radius 3 is 2.08 bits per heavy atom. The second kappa shape index (κ2) is 6.67. The highest BCUT2D eigenvalue weighted by atomic mass is 14.7. The topological polar surface area (TPSA) is 12.9 Å². The summed E-state index contributed by atoms with van der Waals surface area (Å²) in [5.74, 6) is 0. The molecule has 25 heavy (non-hydrogen) atoms. The summed E-state index contributed by atoms with van der Waals surface area (Å²) in [7, 11) is 4.70. The first-order valence-corrected chi connectivity index (χ1v) is 9.38. The van der Waals surface area contributed by atoms with Gasteiger partial charge in [0, 0.05) is 11.8 Å². The molecule has 0 amide bonds. The first-order valence-electron chi connectivity index (χ1n) is 9.38. The van der Waals surface area contributed by atoms with Gasteiger partial charge in [0.1, 0.15) is 15.7 Å². The van der Waals surface area contributed by atoms with E-state index < -0.39 is 0 Å². The van der Waals surface area contributed by atoms with Gasteiger partial charge in [-0.1, -0.05) is 71.0 Å². The highest BCUT2D eigenvalue weighted by molar-refractivity contribution is 6.40. The summed E-state index contributed by atoms with van der Waals surface area (Å²) in [5, 5.41) is 0.0604. The molecule has 0 unspecified atom stereocenters. The molecule has 0 saturated carbocycles. The zero-order valence-electron chi connectivity index (χ0n) is 17.6. The lowest BCUT2D eigenvalue weighted by Gasteiger charge is -2.41. The second-order valence-electron chi connectivity index (χ2n) is 10.2. The van der Waals surface area contributed by atoms with Gasteiger partial charge in [-0.25, -0.2) is 0 Å². The predicted molar refractivity (Wildman–Crippen MR) is 116 cm³/mol. The Labute approximate surface area is 156 Å². The van der Waals surface area contributed by atoms with Crippen molar-refractivity contribution in [3.63, 3.8) is 0 Å². The molecule has 0 aliphatic carbocycles. The van der Waals surface area contributed by atoms with Crippen molar-refractivity contribution in [2.75, 3.05) is 0 Å². The van der Waals surface area contributed by atoms with E-state index in [1.54, 1.807) is 0 Å². The summed E-state index contributed by atoms with van der Waals surface area (Å²) in [6.45, 7) is 16.1. The van der Waals surface area contributed by atoms with E-state index in [4.69, 9.17) is 4.98 Å². The van der Waals surface area contributed by atoms with Gasteiger partial charge in [-0.05, 0) is 46.9 Å². The molecular weight excluding hydrogens is 300 g/mol. The van der Waals surface area contributed by atoms with Crippen molar-refractivity contribution in [1.82, 2.24) is 4.98 Å². The molecule has 0 aliphatic heterocycles. The van der Waals surface area contributed by atoms with Crippen LogP contribution in [0.25, 0.3) is 11.3 Å². The van der Waals surface area contributed by atoms with E-state index in [1.165, 1.54) is 22.3 Å². The van der Waals surface area contributed by atoms with E-state index in [2.05, 4.69) is 101 Å². The third-order valence-corrected chi connectivity index (χ3v) is 5.68. The number of aryl methyl sites for hydroxylation is 1. The van der Waals surface area contributed by atoms with E-state index in [9.17, 15) is 0 Å². The van der Waals surface area contributed by atoms with Crippen molar-refractivity contribution in [2.45, 2.75) is 60.1 Å². The van der Waals surface area contributed by atoms with E-state index in [-0.39, 0.29) is 16.0 Å². The zero-order chi connectivity index (χ0) is 19.0. The Morgan fingerprint density at radius 2 is 1.56 bits per heavy atom. The van der Waals surface area contributed by atoms with Crippen LogP contribution in [0.4, 0.5) is 0 Å². The molecule has 0 saturated heterocycles. The molecule has 0 N–H and O–H groups in total. The van der Waals surface area contributed by atoms with Crippen LogP contribution in [0.15, 0.2) is 36.5 Å². The van der Waals surface area contributed by atoms with Gasteiger partial charge >= 0.3 is 0 Å². The normalized spacial score (nSPS) is 13.1. The van der Waals surface area contributed by atoms with Crippen LogP contribution in [0.1, 0.15) is 58.2 Å². The lowest BCUT2D eigenvalue weighted by molar-refractivity contribution is 0.350. The molecule has 132 valence electrons. The van der Waals surface area contributed by atoms with Gasteiger partial charge in [0.25, 0.3) is 0 Å². The van der Waals surface area contributed by atoms with E-state index in [1.807, 2.05) is 0 Å². The van der Waals surface area contributed by atoms with Gasteiger partial charge in [-0.2, -0.15) is 0 Å². The van der Waals surface area contributed by atoms with Crippen LogP contribution in [0.2, 0.25) is 0 Å². The number of hydrogen-bond donors (Lipinski definition) is 0. The summed E-state index contributed by atoms with van der Waals surface area (Å²) >= 11 is 0. The maximum atomic E-state index is 4.88. The van der Waals surface area contributed by atoms with E-state index >= 15 is 0 Å². The largest absolute Gasteiger partial charge is 0.256 e. The van der Waals surface area contributed by atoms with Gasteiger partial charge in [-0.15, -0.1) is 0 Å². The Morgan fingerprint density at radius 1 is 0.960 bits per heavy atom. The predicted octanol–water partition coefficient (Wildman–Crippen LogP) is 4.11. The van der Waals surface area contributed by atoms with Crippen molar-refractivity contribution in [3.8, 4) is 11.3 Å². The monoisotopic (exact) mass is 333 g/mol. The first kappa shape index (κ1) is 19.8. The molecule has 0 aliphatic rings. The number of nitrogens with zero attached hydrogens (tertiary/aromatic N) is 1. The minimum atomic E-state index is 0.0604. The number of rotatable bonds is 3. The van der Waals surface area contributed by atoms with Gasteiger partial charge in [0.15, 0.2) is 0 Å². The van der Waals surface area contributed by atoms with Gasteiger partial charge in [-0.3, -0.25) is 4.98 Å². The minimum Gasteiger partial charge on any atom is -0.256 e. The molecular formula is C22H33B2N. The molecule has 3 heteroatoms. The van der Waals surface area contributed by atoms with E-state index in [0.717, 1.165) is 12.1 Å². The maximum absolute atomic E-state index is 4.88. The molecule has 1 nitrogen and oxygen atoms in total. The van der Waals surface area contributed by atoms with Crippen molar-refractivity contribution in [1.29, 1.82) is 0 Å². The molecule has 0 spiro atoms. The van der Waals surface area contributed by atoms with Crippen molar-refractivity contribution in [3.05, 3.63) is 53.2 Å². The molecule has 2 aromatic rings. The fraction of sp³-hybridized carbons (Fsp3) is 0.500. The SMILES string of the molecule is BC(B)(c1cnc(-c2ccccc2C)cc1CC(C)(C)C)C(C)(C)C. The molecule has 0 atom stereocenters. The fourth-order valence-corrected chi connectivity index (χ4v) is 3.19. The van der Waals surface area contributed by atoms with Gasteiger partial charge in [0.2, 0.25) is 0 Å². The van der Waals surface area contributed by atoms with Crippen LogP contribution in [-0.4, -0.2) is 20.7 Å². The standard InChI is InChI=1S/C22H33B2N/c1-15-10-8-9-11-17(15)19-12-16(13-20(2,3)4)18(14-25-19)22(23,24)21(5,6)7/h8-12,14H,13,23-24H2,1-7H3. The lowest BCUT2D eigenvalue weighted by Crippen LogP contribution is -2.42. The third-order valence-electron chi connectivity index (χ3n) is 5.68. The van der Waals surface area contributed by atoms with Crippen molar-refractivity contribution in [2.24, 2.45) is 10.8 Å². The highest BCUT2D eigenvalue weighted by Crippen LogP contribution is 2.40. The number of pyridine rings is 1. The number of aromatic nitrogens is 1. The fourth-order valence-electron chi connectivity index (χ4n) is 3.19. The summed E-state index contributed by atoms with van der Waals surface area (Å²) in [6, 6.07) is 10.9. The average molecular weight is 333 g/mol. The summed E-state index contributed by atoms with van der Waals surface area (Å²) in [6.07, 6.45) is 3.19. The Kier molecular flexibility index (Phi) is 5.28. The average Bonchev–Trinajstić information content (AvgIpc) is 2.44. The molecule has 1 aromatic carbocycles. The van der Waals surface area contributed by atoms with Crippen molar-refractivity contribution < 1.29 is 0 Å². The van der Waals surface area contributed by atoms with Crippen LogP contribution in [0.3, 0.4) is 0 Å². The minimum absolute atomic E-state index is 0.0604. The molecule has 2 rings (SSSR count). The summed E-state index contributed by atoms with van der Waals surface area (Å²) in [4.78, 5) is 4.88. The van der Waals surface area contributed by atoms with Crippen LogP contribution in [-0.2, 0) is 11.6 Å². The van der Waals surface area contributed by atoms with Crippen LogP contribution in [0, 0.1) is 17.8 Å². The zero-order valence-corrected chi connectivity index (χ0v) is 17.6. The molecule has 1 heterocycles. The Bertz CT molecular complexity index is 749. The molecule has 0 bridgehead atoms. The van der Waals surface area contributed by atoms with Crippen molar-refractivity contribution >= 4 is 15.7 Å². The Hall–Kier alpha value is -1.50. The number of hydrogen-bond acceptors (Lipinski definition) is 1. The number of benzene rings is 1. The smallest absolute Gasteiger partial charge is 0.105 e. The van der Waals surface area contributed by atoms with Crippen LogP contribution in [0.5, 0.6) is 0 Å². The second-order valence-corrected chi connectivity index (χ2v) is 10.2.